The van der Waals surface area contributed by atoms with E-state index in [0.29, 0.717) is 0 Å². The van der Waals surface area contributed by atoms with Gasteiger partial charge in [-0.05, 0) is 12.1 Å². The lowest BCUT2D eigenvalue weighted by atomic mass is 10.2. The van der Waals surface area contributed by atoms with Crippen molar-refractivity contribution >= 4 is 15.9 Å². The SMILES string of the molecule is CS(=O)(=O)c1cccc(C(F)N=C=O)c1. The third kappa shape index (κ3) is 2.97. The van der Waals surface area contributed by atoms with Crippen molar-refractivity contribution in [1.82, 2.24) is 0 Å². The second-order valence-electron chi connectivity index (χ2n) is 2.90. The van der Waals surface area contributed by atoms with E-state index in [1.54, 1.807) is 0 Å². The second-order valence-corrected chi connectivity index (χ2v) is 4.92. The Balaban J connectivity index is 3.19. The predicted octanol–water partition coefficient (Wildman–Crippen LogP) is 1.39. The third-order valence-corrected chi connectivity index (χ3v) is 2.84. The van der Waals surface area contributed by atoms with E-state index in [4.69, 9.17) is 0 Å². The van der Waals surface area contributed by atoms with E-state index in [2.05, 4.69) is 4.99 Å². The molecule has 0 aliphatic carbocycles. The standard InChI is InChI=1S/C9H8FNO3S/c1-15(13,14)8-4-2-3-7(5-8)9(10)11-6-12/h2-5,9H,1H3. The van der Waals surface area contributed by atoms with Gasteiger partial charge < -0.3 is 0 Å². The Bertz CT molecular complexity index is 506. The van der Waals surface area contributed by atoms with Crippen molar-refractivity contribution in [3.8, 4) is 0 Å². The van der Waals surface area contributed by atoms with Crippen LogP contribution in [0.2, 0.25) is 0 Å². The topological polar surface area (TPSA) is 63.6 Å². The minimum absolute atomic E-state index is 0.0104. The van der Waals surface area contributed by atoms with Gasteiger partial charge in [0.25, 0.3) is 0 Å². The quantitative estimate of drug-likeness (QED) is 0.447. The Kier molecular flexibility index (Phi) is 3.34. The summed E-state index contributed by atoms with van der Waals surface area (Å²) in [5, 5.41) is 0. The number of rotatable bonds is 3. The molecule has 0 amide bonds. The lowest BCUT2D eigenvalue weighted by Gasteiger charge is -2.03. The molecule has 0 heterocycles. The van der Waals surface area contributed by atoms with Crippen LogP contribution in [0, 0.1) is 0 Å². The molecule has 15 heavy (non-hydrogen) atoms. The summed E-state index contributed by atoms with van der Waals surface area (Å²) >= 11 is 0. The van der Waals surface area contributed by atoms with Gasteiger partial charge in [0.15, 0.2) is 9.84 Å². The summed E-state index contributed by atoms with van der Waals surface area (Å²) in [6, 6.07) is 5.22. The van der Waals surface area contributed by atoms with Gasteiger partial charge in [-0.25, -0.2) is 17.6 Å². The summed E-state index contributed by atoms with van der Waals surface area (Å²) in [5.74, 6) is 0. The van der Waals surface area contributed by atoms with E-state index in [1.165, 1.54) is 18.2 Å². The minimum atomic E-state index is -3.38. The number of hydrogen-bond donors (Lipinski definition) is 0. The van der Waals surface area contributed by atoms with Gasteiger partial charge >= 0.3 is 0 Å². The van der Waals surface area contributed by atoms with Gasteiger partial charge in [0.1, 0.15) is 0 Å². The van der Waals surface area contributed by atoms with Crippen LogP contribution in [0.1, 0.15) is 11.9 Å². The summed E-state index contributed by atoms with van der Waals surface area (Å²) in [6.45, 7) is 0. The summed E-state index contributed by atoms with van der Waals surface area (Å²) in [5.41, 5.74) is 0.0151. The monoisotopic (exact) mass is 229 g/mol. The number of alkyl halides is 1. The maximum atomic E-state index is 13.1. The van der Waals surface area contributed by atoms with Crippen molar-refractivity contribution in [2.75, 3.05) is 6.26 Å². The molecular formula is C9H8FNO3S. The molecule has 0 fully saturated rings. The summed E-state index contributed by atoms with van der Waals surface area (Å²) in [7, 11) is -3.38. The highest BCUT2D eigenvalue weighted by Crippen LogP contribution is 2.21. The maximum Gasteiger partial charge on any atom is 0.238 e. The van der Waals surface area contributed by atoms with Crippen LogP contribution in [0.3, 0.4) is 0 Å². The van der Waals surface area contributed by atoms with Crippen LogP contribution in [-0.4, -0.2) is 20.8 Å². The van der Waals surface area contributed by atoms with E-state index in [0.717, 1.165) is 18.4 Å². The first kappa shape index (κ1) is 11.6. The zero-order chi connectivity index (χ0) is 11.5. The zero-order valence-electron chi connectivity index (χ0n) is 7.84. The first-order chi connectivity index (χ1) is 6.95. The largest absolute Gasteiger partial charge is 0.238 e. The third-order valence-electron chi connectivity index (χ3n) is 1.73. The molecule has 0 N–H and O–H groups in total. The average Bonchev–Trinajstić information content (AvgIpc) is 2.17. The molecule has 0 saturated heterocycles. The highest BCUT2D eigenvalue weighted by Gasteiger charge is 2.12. The van der Waals surface area contributed by atoms with Crippen molar-refractivity contribution in [1.29, 1.82) is 0 Å². The number of aliphatic imine (C=N–C) groups is 1. The molecule has 1 unspecified atom stereocenters. The van der Waals surface area contributed by atoms with Crippen LogP contribution in [0.4, 0.5) is 4.39 Å². The van der Waals surface area contributed by atoms with Crippen molar-refractivity contribution in [3.63, 3.8) is 0 Å². The van der Waals surface area contributed by atoms with E-state index < -0.39 is 16.1 Å². The molecule has 0 aliphatic heterocycles. The first-order valence-corrected chi connectivity index (χ1v) is 5.85. The fraction of sp³-hybridized carbons (Fsp3) is 0.222. The molecule has 0 spiro atoms. The van der Waals surface area contributed by atoms with Gasteiger partial charge in [0.2, 0.25) is 12.4 Å². The Hall–Kier alpha value is -1.52. The lowest BCUT2D eigenvalue weighted by Crippen LogP contribution is -1.98. The molecule has 1 rings (SSSR count). The lowest BCUT2D eigenvalue weighted by molar-refractivity contribution is 0.356. The molecular weight excluding hydrogens is 221 g/mol. The normalized spacial score (nSPS) is 12.9. The second kappa shape index (κ2) is 4.33. The van der Waals surface area contributed by atoms with Crippen molar-refractivity contribution in [3.05, 3.63) is 29.8 Å². The number of sulfone groups is 1. The van der Waals surface area contributed by atoms with Crippen LogP contribution in [0.5, 0.6) is 0 Å². The van der Waals surface area contributed by atoms with E-state index in [-0.39, 0.29) is 10.5 Å². The van der Waals surface area contributed by atoms with E-state index >= 15 is 0 Å². The predicted molar refractivity (Wildman–Crippen MR) is 51.5 cm³/mol. The maximum absolute atomic E-state index is 13.1. The zero-order valence-corrected chi connectivity index (χ0v) is 8.66. The molecule has 1 aromatic carbocycles. The van der Waals surface area contributed by atoms with Crippen LogP contribution in [0.15, 0.2) is 34.2 Å². The molecule has 80 valence electrons. The van der Waals surface area contributed by atoms with Crippen LogP contribution >= 0.6 is 0 Å². The van der Waals surface area contributed by atoms with E-state index in [9.17, 15) is 17.6 Å². The summed E-state index contributed by atoms with van der Waals surface area (Å²) in [6.07, 6.45) is 0.220. The first-order valence-electron chi connectivity index (χ1n) is 3.96. The van der Waals surface area contributed by atoms with Crippen LogP contribution in [0.25, 0.3) is 0 Å². The van der Waals surface area contributed by atoms with Gasteiger partial charge in [0, 0.05) is 11.8 Å². The molecule has 1 atom stereocenters. The number of halogens is 1. The number of hydrogen-bond acceptors (Lipinski definition) is 4. The highest BCUT2D eigenvalue weighted by molar-refractivity contribution is 7.90. The van der Waals surface area contributed by atoms with Gasteiger partial charge in [-0.2, -0.15) is 4.99 Å². The molecule has 1 aromatic rings. The molecule has 6 heteroatoms. The molecule has 0 bridgehead atoms. The Morgan fingerprint density at radius 2 is 2.13 bits per heavy atom. The van der Waals surface area contributed by atoms with Gasteiger partial charge in [0.05, 0.1) is 4.90 Å². The van der Waals surface area contributed by atoms with Crippen LogP contribution < -0.4 is 0 Å². The molecule has 4 nitrogen and oxygen atoms in total. The molecule has 0 aromatic heterocycles. The minimum Gasteiger partial charge on any atom is -0.224 e. The Labute approximate surface area is 86.4 Å². The Morgan fingerprint density at radius 1 is 1.47 bits per heavy atom. The smallest absolute Gasteiger partial charge is 0.224 e. The average molecular weight is 229 g/mol. The van der Waals surface area contributed by atoms with Gasteiger partial charge in [-0.3, -0.25) is 0 Å². The van der Waals surface area contributed by atoms with Gasteiger partial charge in [-0.1, -0.05) is 12.1 Å². The summed E-state index contributed by atoms with van der Waals surface area (Å²) < 4.78 is 35.3. The molecule has 0 radical (unpaired) electrons. The number of carbonyl (C=O) groups excluding carboxylic acids is 1. The number of benzene rings is 1. The number of isocyanates is 1. The molecule has 0 saturated carbocycles. The highest BCUT2D eigenvalue weighted by atomic mass is 32.2. The van der Waals surface area contributed by atoms with Crippen molar-refractivity contribution in [2.24, 2.45) is 4.99 Å². The fourth-order valence-corrected chi connectivity index (χ4v) is 1.69. The van der Waals surface area contributed by atoms with Gasteiger partial charge in [-0.15, -0.1) is 0 Å². The summed E-state index contributed by atoms with van der Waals surface area (Å²) in [4.78, 5) is 12.7. The van der Waals surface area contributed by atoms with Crippen LogP contribution in [-0.2, 0) is 14.6 Å². The van der Waals surface area contributed by atoms with E-state index in [1.807, 2.05) is 0 Å². The Morgan fingerprint density at radius 3 is 2.67 bits per heavy atom. The fourth-order valence-electron chi connectivity index (χ4n) is 1.01. The number of nitrogens with zero attached hydrogens (tertiary/aromatic N) is 1. The van der Waals surface area contributed by atoms with Crippen molar-refractivity contribution in [2.45, 2.75) is 11.2 Å². The van der Waals surface area contributed by atoms with Crippen molar-refractivity contribution < 1.29 is 17.6 Å². The molecule has 0 aliphatic rings.